The highest BCUT2D eigenvalue weighted by Gasteiger charge is 2.19. The first-order valence-corrected chi connectivity index (χ1v) is 22.8. The highest BCUT2D eigenvalue weighted by Crippen LogP contribution is 2.15. The van der Waals surface area contributed by atoms with Gasteiger partial charge in [-0.3, -0.25) is 14.4 Å². The van der Waals surface area contributed by atoms with Crippen LogP contribution in [-0.2, 0) is 28.6 Å². The zero-order valence-corrected chi connectivity index (χ0v) is 35.3. The molecule has 1 atom stereocenters. The fourth-order valence-electron chi connectivity index (χ4n) is 6.54. The quantitative estimate of drug-likeness (QED) is 0.0268. The van der Waals surface area contributed by atoms with Gasteiger partial charge in [-0.05, 0) is 44.9 Å². The van der Waals surface area contributed by atoms with Crippen LogP contribution in [0, 0.1) is 0 Å². The van der Waals surface area contributed by atoms with Crippen molar-refractivity contribution in [2.45, 2.75) is 245 Å². The summed E-state index contributed by atoms with van der Waals surface area (Å²) in [6.45, 7) is 6.48. The summed E-state index contributed by atoms with van der Waals surface area (Å²) < 4.78 is 16.6. The summed E-state index contributed by atoms with van der Waals surface area (Å²) in [5.41, 5.74) is 0. The molecule has 0 aliphatic rings. The Morgan fingerprint density at radius 2 is 0.736 bits per heavy atom. The second-order valence-electron chi connectivity index (χ2n) is 15.3. The number of unbranched alkanes of at least 4 members (excludes halogenated alkanes) is 26. The van der Waals surface area contributed by atoms with Gasteiger partial charge in [0.05, 0.1) is 0 Å². The predicted molar refractivity (Wildman–Crippen MR) is 224 cm³/mol. The van der Waals surface area contributed by atoms with Gasteiger partial charge >= 0.3 is 17.9 Å². The summed E-state index contributed by atoms with van der Waals surface area (Å²) in [7, 11) is 0. The van der Waals surface area contributed by atoms with E-state index in [1.807, 2.05) is 0 Å². The highest BCUT2D eigenvalue weighted by molar-refractivity contribution is 5.71. The molecule has 6 nitrogen and oxygen atoms in total. The lowest BCUT2D eigenvalue weighted by atomic mass is 10.0. The normalized spacial score (nSPS) is 12.1. The van der Waals surface area contributed by atoms with Crippen LogP contribution in [0.2, 0.25) is 0 Å². The molecule has 0 rings (SSSR count). The molecule has 0 spiro atoms. The summed E-state index contributed by atoms with van der Waals surface area (Å²) in [6.07, 6.45) is 46.0. The van der Waals surface area contributed by atoms with Gasteiger partial charge in [0.15, 0.2) is 6.10 Å². The van der Waals surface area contributed by atoms with Crippen molar-refractivity contribution in [1.82, 2.24) is 0 Å². The van der Waals surface area contributed by atoms with Crippen molar-refractivity contribution in [3.05, 3.63) is 24.3 Å². The van der Waals surface area contributed by atoms with Gasteiger partial charge < -0.3 is 14.2 Å². The van der Waals surface area contributed by atoms with E-state index in [0.29, 0.717) is 19.3 Å². The lowest BCUT2D eigenvalue weighted by Gasteiger charge is -2.18. The Kier molecular flexibility index (Phi) is 40.9. The van der Waals surface area contributed by atoms with Gasteiger partial charge in [0.2, 0.25) is 0 Å². The fourth-order valence-corrected chi connectivity index (χ4v) is 6.54. The molecular formula is C47H86O6. The molecule has 0 saturated heterocycles. The van der Waals surface area contributed by atoms with Gasteiger partial charge in [-0.15, -0.1) is 0 Å². The van der Waals surface area contributed by atoms with Crippen LogP contribution in [0.1, 0.15) is 239 Å². The fraction of sp³-hybridized carbons (Fsp3) is 0.851. The largest absolute Gasteiger partial charge is 0.462 e. The van der Waals surface area contributed by atoms with E-state index >= 15 is 0 Å². The Morgan fingerprint density at radius 1 is 0.396 bits per heavy atom. The molecule has 0 aliphatic heterocycles. The van der Waals surface area contributed by atoms with Crippen LogP contribution in [0.5, 0.6) is 0 Å². The van der Waals surface area contributed by atoms with Crippen LogP contribution in [0.3, 0.4) is 0 Å². The number of esters is 3. The number of ether oxygens (including phenoxy) is 3. The van der Waals surface area contributed by atoms with Gasteiger partial charge in [0.25, 0.3) is 0 Å². The summed E-state index contributed by atoms with van der Waals surface area (Å²) in [4.78, 5) is 37.6. The Balaban J connectivity index is 4.32. The van der Waals surface area contributed by atoms with Crippen molar-refractivity contribution in [2.75, 3.05) is 13.2 Å². The average Bonchev–Trinajstić information content (AvgIpc) is 3.15. The molecule has 1 unspecified atom stereocenters. The van der Waals surface area contributed by atoms with Crippen LogP contribution < -0.4 is 0 Å². The lowest BCUT2D eigenvalue weighted by Crippen LogP contribution is -2.30. The van der Waals surface area contributed by atoms with Crippen LogP contribution in [0.25, 0.3) is 0 Å². The van der Waals surface area contributed by atoms with Gasteiger partial charge in [0.1, 0.15) is 13.2 Å². The van der Waals surface area contributed by atoms with Crippen LogP contribution in [0.4, 0.5) is 0 Å². The number of rotatable bonds is 41. The standard InChI is InChI=1S/C47H86O6/c1-4-7-10-13-16-19-21-22-23-24-26-28-31-34-37-40-46(49)52-43-44(42-51-45(48)39-36-33-30-27-18-15-12-9-6-3)53-47(50)41-38-35-32-29-25-20-17-14-11-8-5-2/h9,12,18,27,44H,4-8,10-11,13-17,19-26,28-43H2,1-3H3/b12-9-,27-18-. The van der Waals surface area contributed by atoms with Crippen molar-refractivity contribution < 1.29 is 28.6 Å². The number of allylic oxidation sites excluding steroid dienone is 4. The zero-order chi connectivity index (χ0) is 38.7. The lowest BCUT2D eigenvalue weighted by molar-refractivity contribution is -0.167. The highest BCUT2D eigenvalue weighted by atomic mass is 16.6. The summed E-state index contributed by atoms with van der Waals surface area (Å²) >= 11 is 0. The van der Waals surface area contributed by atoms with E-state index in [9.17, 15) is 14.4 Å². The SMILES string of the molecule is CC/C=C\C/C=C\CCCCC(=O)OCC(COC(=O)CCCCCCCCCCCCCCCCC)OC(=O)CCCCCCCCCCCCC. The Hall–Kier alpha value is -2.11. The van der Waals surface area contributed by atoms with Crippen LogP contribution in [0.15, 0.2) is 24.3 Å². The monoisotopic (exact) mass is 747 g/mol. The van der Waals surface area contributed by atoms with Gasteiger partial charge in [-0.25, -0.2) is 0 Å². The number of carbonyl (C=O) groups excluding carboxylic acids is 3. The first kappa shape index (κ1) is 50.9. The van der Waals surface area contributed by atoms with Crippen molar-refractivity contribution in [3.63, 3.8) is 0 Å². The molecule has 6 heteroatoms. The van der Waals surface area contributed by atoms with Crippen molar-refractivity contribution >= 4 is 17.9 Å². The third-order valence-corrected chi connectivity index (χ3v) is 9.97. The van der Waals surface area contributed by atoms with E-state index in [4.69, 9.17) is 14.2 Å². The molecule has 0 N–H and O–H groups in total. The van der Waals surface area contributed by atoms with E-state index in [0.717, 1.165) is 70.6 Å². The van der Waals surface area contributed by atoms with E-state index in [-0.39, 0.29) is 31.1 Å². The van der Waals surface area contributed by atoms with E-state index in [1.165, 1.54) is 128 Å². The van der Waals surface area contributed by atoms with Gasteiger partial charge in [0, 0.05) is 19.3 Å². The Morgan fingerprint density at radius 3 is 1.13 bits per heavy atom. The van der Waals surface area contributed by atoms with Crippen LogP contribution >= 0.6 is 0 Å². The van der Waals surface area contributed by atoms with Crippen molar-refractivity contribution in [3.8, 4) is 0 Å². The third kappa shape index (κ3) is 40.9. The molecule has 310 valence electrons. The molecule has 0 heterocycles. The van der Waals surface area contributed by atoms with E-state index < -0.39 is 6.10 Å². The predicted octanol–water partition coefficient (Wildman–Crippen LogP) is 14.4. The molecule has 0 aromatic rings. The zero-order valence-electron chi connectivity index (χ0n) is 35.3. The molecule has 0 aromatic carbocycles. The first-order chi connectivity index (χ1) is 26.0. The van der Waals surface area contributed by atoms with Crippen molar-refractivity contribution in [1.29, 1.82) is 0 Å². The summed E-state index contributed by atoms with van der Waals surface area (Å²) in [5, 5.41) is 0. The summed E-state index contributed by atoms with van der Waals surface area (Å²) in [5.74, 6) is -0.910. The maximum absolute atomic E-state index is 12.7. The topological polar surface area (TPSA) is 78.9 Å². The molecule has 0 aromatic heterocycles. The van der Waals surface area contributed by atoms with Gasteiger partial charge in [-0.2, -0.15) is 0 Å². The first-order valence-electron chi connectivity index (χ1n) is 22.8. The minimum absolute atomic E-state index is 0.0773. The molecule has 0 fully saturated rings. The number of hydrogen-bond acceptors (Lipinski definition) is 6. The molecule has 0 bridgehead atoms. The molecule has 53 heavy (non-hydrogen) atoms. The smallest absolute Gasteiger partial charge is 0.306 e. The van der Waals surface area contributed by atoms with E-state index in [2.05, 4.69) is 45.1 Å². The third-order valence-electron chi connectivity index (χ3n) is 9.97. The van der Waals surface area contributed by atoms with Crippen LogP contribution in [-0.4, -0.2) is 37.2 Å². The Labute approximate surface area is 328 Å². The number of carbonyl (C=O) groups is 3. The second kappa shape index (κ2) is 42.6. The molecule has 0 amide bonds. The van der Waals surface area contributed by atoms with E-state index in [1.54, 1.807) is 0 Å². The molecule has 0 saturated carbocycles. The molecule has 0 aliphatic carbocycles. The average molecular weight is 747 g/mol. The summed E-state index contributed by atoms with van der Waals surface area (Å²) in [6, 6.07) is 0. The maximum Gasteiger partial charge on any atom is 0.306 e. The molecular weight excluding hydrogens is 661 g/mol. The number of hydrogen-bond donors (Lipinski definition) is 0. The molecule has 0 radical (unpaired) electrons. The van der Waals surface area contributed by atoms with Gasteiger partial charge in [-0.1, -0.05) is 199 Å². The minimum Gasteiger partial charge on any atom is -0.462 e. The van der Waals surface area contributed by atoms with Crippen molar-refractivity contribution in [2.24, 2.45) is 0 Å². The minimum atomic E-state index is -0.775. The Bertz CT molecular complexity index is 865. The second-order valence-corrected chi connectivity index (χ2v) is 15.3. The maximum atomic E-state index is 12.7.